The molecule has 0 saturated carbocycles. The SMILES string of the molecule is C/C=C1/C(=C/c2[nH]c(/C=c3\[nH]/c(=C/C4=NC(=O)C(CC)=C4C)c(C)c3CCC(=O)O)c(CCC(=O)O)c2C)NC(=O)C1C. The molecule has 2 amide bonds. The molecule has 43 heavy (non-hydrogen) atoms. The monoisotopic (exact) mass is 586 g/mol. The number of allylic oxidation sites excluding steroid dienone is 3. The van der Waals surface area contributed by atoms with E-state index in [0.29, 0.717) is 39.8 Å². The quantitative estimate of drug-likeness (QED) is 0.286. The molecule has 4 heterocycles. The molecule has 226 valence electrons. The highest BCUT2D eigenvalue weighted by Gasteiger charge is 2.29. The normalized spacial score (nSPS) is 19.8. The number of hydrogen-bond donors (Lipinski definition) is 5. The molecule has 1 fully saturated rings. The van der Waals surface area contributed by atoms with Crippen molar-refractivity contribution in [2.45, 2.75) is 73.6 Å². The van der Waals surface area contributed by atoms with E-state index in [1.807, 2.05) is 65.8 Å². The van der Waals surface area contributed by atoms with E-state index < -0.39 is 11.9 Å². The second-order valence-electron chi connectivity index (χ2n) is 11.0. The highest BCUT2D eigenvalue weighted by Crippen LogP contribution is 2.29. The lowest BCUT2D eigenvalue weighted by atomic mass is 10.00. The van der Waals surface area contributed by atoms with Gasteiger partial charge < -0.3 is 25.5 Å². The molecule has 2 aliphatic rings. The lowest BCUT2D eigenvalue weighted by molar-refractivity contribution is -0.138. The van der Waals surface area contributed by atoms with Crippen molar-refractivity contribution < 1.29 is 29.4 Å². The van der Waals surface area contributed by atoms with Crippen molar-refractivity contribution in [3.63, 3.8) is 0 Å². The van der Waals surface area contributed by atoms with E-state index in [9.17, 15) is 29.4 Å². The molecule has 0 bridgehead atoms. The topological polar surface area (TPSA) is 165 Å². The summed E-state index contributed by atoms with van der Waals surface area (Å²) in [4.78, 5) is 58.8. The maximum absolute atomic E-state index is 12.3. The average Bonchev–Trinajstić information content (AvgIpc) is 3.59. The molecule has 1 unspecified atom stereocenters. The lowest BCUT2D eigenvalue weighted by Gasteiger charge is -2.03. The van der Waals surface area contributed by atoms with Crippen LogP contribution in [0.3, 0.4) is 0 Å². The Labute approximate surface area is 249 Å². The Hall–Kier alpha value is -4.73. The highest BCUT2D eigenvalue weighted by molar-refractivity contribution is 6.30. The van der Waals surface area contributed by atoms with Crippen molar-refractivity contribution in [2.24, 2.45) is 10.9 Å². The van der Waals surface area contributed by atoms with Crippen LogP contribution in [0.15, 0.2) is 33.5 Å². The van der Waals surface area contributed by atoms with Crippen LogP contribution >= 0.6 is 0 Å². The number of aliphatic imine (C=N–C) groups is 1. The Morgan fingerprint density at radius 1 is 0.884 bits per heavy atom. The summed E-state index contributed by atoms with van der Waals surface area (Å²) in [5.41, 5.74) is 8.40. The third-order valence-electron chi connectivity index (χ3n) is 8.35. The van der Waals surface area contributed by atoms with Gasteiger partial charge in [-0.1, -0.05) is 13.0 Å². The van der Waals surface area contributed by atoms with Crippen LogP contribution in [0.5, 0.6) is 0 Å². The number of rotatable bonds is 10. The second-order valence-corrected chi connectivity index (χ2v) is 11.0. The van der Waals surface area contributed by atoms with E-state index in [0.717, 1.165) is 39.1 Å². The van der Waals surface area contributed by atoms with Crippen LogP contribution in [0.2, 0.25) is 0 Å². The van der Waals surface area contributed by atoms with E-state index >= 15 is 0 Å². The predicted molar refractivity (Wildman–Crippen MR) is 165 cm³/mol. The summed E-state index contributed by atoms with van der Waals surface area (Å²) in [5, 5.41) is 23.2. The number of nitrogens with zero attached hydrogens (tertiary/aromatic N) is 1. The number of H-pyrrole nitrogens is 2. The Morgan fingerprint density at radius 3 is 2.12 bits per heavy atom. The summed E-state index contributed by atoms with van der Waals surface area (Å²) in [6.07, 6.45) is 8.45. The number of nitrogens with one attached hydrogen (secondary N) is 3. The first-order valence-corrected chi connectivity index (χ1v) is 14.4. The summed E-state index contributed by atoms with van der Waals surface area (Å²) in [6.45, 7) is 11.3. The Morgan fingerprint density at radius 2 is 1.53 bits per heavy atom. The van der Waals surface area contributed by atoms with Crippen LogP contribution in [0, 0.1) is 19.8 Å². The number of carboxylic acids is 2. The third kappa shape index (κ3) is 6.38. The molecule has 4 rings (SSSR count). The minimum absolute atomic E-state index is 0.0721. The molecular weight excluding hydrogens is 548 g/mol. The number of carbonyl (C=O) groups is 4. The molecule has 10 nitrogen and oxygen atoms in total. The van der Waals surface area contributed by atoms with Crippen LogP contribution in [0.1, 0.15) is 80.6 Å². The first-order valence-electron chi connectivity index (χ1n) is 14.4. The number of aromatic amines is 2. The first-order chi connectivity index (χ1) is 20.4. The zero-order chi connectivity index (χ0) is 31.6. The number of aromatic nitrogens is 2. The Balaban J connectivity index is 1.91. The van der Waals surface area contributed by atoms with Crippen LogP contribution in [-0.2, 0) is 32.0 Å². The van der Waals surface area contributed by atoms with Gasteiger partial charge in [-0.3, -0.25) is 19.2 Å². The standard InChI is InChI=1S/C33H38N4O6/c1-7-20-19(6)32(42)37-27(20)14-25-18(5)23(10-12-31(40)41)29(35-25)15-28-22(9-11-30(38)39)17(4)24(34-28)13-26-16(3)21(8-2)33(43)36-26/h7,13-15,19,34-35H,8-12H2,1-6H3,(H,37,42)(H,38,39)(H,40,41)/b20-7+,24-13+,27-14-,28-15-. The van der Waals surface area contributed by atoms with Crippen LogP contribution < -0.4 is 16.0 Å². The molecule has 1 saturated heterocycles. The Bertz CT molecular complexity index is 1780. The van der Waals surface area contributed by atoms with Crippen molar-refractivity contribution >= 4 is 47.7 Å². The van der Waals surface area contributed by atoms with Crippen molar-refractivity contribution in [3.05, 3.63) is 72.8 Å². The second kappa shape index (κ2) is 12.6. The summed E-state index contributed by atoms with van der Waals surface area (Å²) in [7, 11) is 0. The average molecular weight is 587 g/mol. The molecule has 2 aliphatic heterocycles. The van der Waals surface area contributed by atoms with Crippen LogP contribution in [0.25, 0.3) is 18.2 Å². The zero-order valence-electron chi connectivity index (χ0n) is 25.4. The van der Waals surface area contributed by atoms with Crippen LogP contribution in [0.4, 0.5) is 0 Å². The maximum Gasteiger partial charge on any atom is 0.303 e. The van der Waals surface area contributed by atoms with Gasteiger partial charge in [-0.05, 0) is 106 Å². The van der Waals surface area contributed by atoms with Gasteiger partial charge in [0, 0.05) is 46.2 Å². The molecule has 5 N–H and O–H groups in total. The van der Waals surface area contributed by atoms with Gasteiger partial charge in [-0.25, -0.2) is 4.99 Å². The number of hydrogen-bond acceptors (Lipinski definition) is 4. The third-order valence-corrected chi connectivity index (χ3v) is 8.35. The zero-order valence-corrected chi connectivity index (χ0v) is 25.4. The lowest BCUT2D eigenvalue weighted by Crippen LogP contribution is -2.16. The van der Waals surface area contributed by atoms with Crippen molar-refractivity contribution in [2.75, 3.05) is 0 Å². The first kappa shape index (κ1) is 31.2. The summed E-state index contributed by atoms with van der Waals surface area (Å²) >= 11 is 0. The van der Waals surface area contributed by atoms with Gasteiger partial charge in [-0.2, -0.15) is 0 Å². The molecule has 2 aromatic rings. The molecule has 2 aromatic heterocycles. The fraction of sp³-hybridized carbons (Fsp3) is 0.364. The number of amides is 2. The minimum atomic E-state index is -0.923. The maximum atomic E-state index is 12.3. The molecule has 1 atom stereocenters. The molecular formula is C33H38N4O6. The molecule has 0 radical (unpaired) electrons. The fourth-order valence-corrected chi connectivity index (χ4v) is 5.77. The van der Waals surface area contributed by atoms with Gasteiger partial charge in [0.05, 0.1) is 11.6 Å². The van der Waals surface area contributed by atoms with E-state index in [1.165, 1.54) is 0 Å². The smallest absolute Gasteiger partial charge is 0.303 e. The summed E-state index contributed by atoms with van der Waals surface area (Å²) in [6, 6.07) is 0. The van der Waals surface area contributed by atoms with Crippen molar-refractivity contribution in [1.29, 1.82) is 0 Å². The Kier molecular flexibility index (Phi) is 9.18. The number of carboxylic acid groups (broad SMARTS) is 2. The number of carbonyl (C=O) groups excluding carboxylic acids is 2. The van der Waals surface area contributed by atoms with Gasteiger partial charge >= 0.3 is 11.9 Å². The van der Waals surface area contributed by atoms with E-state index in [1.54, 1.807) is 0 Å². The van der Waals surface area contributed by atoms with E-state index in [-0.39, 0.29) is 43.4 Å². The highest BCUT2D eigenvalue weighted by atomic mass is 16.4. The largest absolute Gasteiger partial charge is 0.481 e. The van der Waals surface area contributed by atoms with Gasteiger partial charge in [0.1, 0.15) is 0 Å². The fourth-order valence-electron chi connectivity index (χ4n) is 5.77. The summed E-state index contributed by atoms with van der Waals surface area (Å²) in [5.74, 6) is -2.44. The summed E-state index contributed by atoms with van der Waals surface area (Å²) < 4.78 is 0. The predicted octanol–water partition coefficient (Wildman–Crippen LogP) is 3.36. The van der Waals surface area contributed by atoms with Gasteiger partial charge in [0.15, 0.2) is 0 Å². The molecule has 10 heteroatoms. The minimum Gasteiger partial charge on any atom is -0.481 e. The van der Waals surface area contributed by atoms with E-state index in [4.69, 9.17) is 0 Å². The van der Waals surface area contributed by atoms with E-state index in [2.05, 4.69) is 20.3 Å². The van der Waals surface area contributed by atoms with Gasteiger partial charge in [-0.15, -0.1) is 0 Å². The molecule has 0 aliphatic carbocycles. The van der Waals surface area contributed by atoms with Crippen molar-refractivity contribution in [1.82, 2.24) is 15.3 Å². The molecule has 0 spiro atoms. The van der Waals surface area contributed by atoms with Crippen molar-refractivity contribution in [3.8, 4) is 0 Å². The van der Waals surface area contributed by atoms with Gasteiger partial charge in [0.25, 0.3) is 5.91 Å². The van der Waals surface area contributed by atoms with Crippen LogP contribution in [-0.4, -0.2) is 49.6 Å². The number of aliphatic carboxylic acids is 2. The molecule has 0 aromatic carbocycles. The van der Waals surface area contributed by atoms with Gasteiger partial charge in [0.2, 0.25) is 5.91 Å².